The van der Waals surface area contributed by atoms with Crippen molar-refractivity contribution < 1.29 is 22.8 Å². The molecule has 0 radical (unpaired) electrons. The van der Waals surface area contributed by atoms with Crippen LogP contribution in [0.5, 0.6) is 0 Å². The van der Waals surface area contributed by atoms with Crippen molar-refractivity contribution in [2.75, 3.05) is 16.0 Å². The van der Waals surface area contributed by atoms with Gasteiger partial charge < -0.3 is 5.32 Å². The van der Waals surface area contributed by atoms with E-state index in [1.54, 1.807) is 4.90 Å². The highest BCUT2D eigenvalue weighted by Crippen LogP contribution is 2.60. The zero-order chi connectivity index (χ0) is 24.4. The number of rotatable bonds is 4. The van der Waals surface area contributed by atoms with Crippen LogP contribution >= 0.6 is 11.8 Å². The van der Waals surface area contributed by atoms with E-state index in [0.717, 1.165) is 37.0 Å². The molecule has 2 amide bonds. The van der Waals surface area contributed by atoms with Crippen LogP contribution in [0.15, 0.2) is 48.5 Å². The molecule has 4 aliphatic carbocycles. The van der Waals surface area contributed by atoms with Gasteiger partial charge in [-0.3, -0.25) is 14.5 Å². The molecule has 4 saturated carbocycles. The van der Waals surface area contributed by atoms with Gasteiger partial charge in [-0.2, -0.15) is 13.2 Å². The van der Waals surface area contributed by atoms with Gasteiger partial charge in [-0.15, -0.1) is 11.8 Å². The third kappa shape index (κ3) is 4.13. The van der Waals surface area contributed by atoms with Crippen molar-refractivity contribution >= 4 is 35.0 Å². The summed E-state index contributed by atoms with van der Waals surface area (Å²) in [6.07, 6.45) is 2.35. The summed E-state index contributed by atoms with van der Waals surface area (Å²) in [6.45, 7) is 0. The highest BCUT2D eigenvalue weighted by atomic mass is 32.2. The number of anilines is 2. The molecule has 5 aliphatic rings. The summed E-state index contributed by atoms with van der Waals surface area (Å²) >= 11 is 1.43. The molecule has 5 fully saturated rings. The summed E-state index contributed by atoms with van der Waals surface area (Å²) in [5.74, 6) is 2.24. The third-order valence-corrected chi connectivity index (χ3v) is 9.50. The molecule has 0 aromatic heterocycles. The van der Waals surface area contributed by atoms with Gasteiger partial charge >= 0.3 is 6.18 Å². The third-order valence-electron chi connectivity index (χ3n) is 8.29. The predicted molar refractivity (Wildman–Crippen MR) is 130 cm³/mol. The molecule has 184 valence electrons. The Labute approximate surface area is 206 Å². The molecule has 2 aromatic carbocycles. The Morgan fingerprint density at radius 1 is 0.971 bits per heavy atom. The number of alkyl halides is 3. The first-order valence-electron chi connectivity index (χ1n) is 12.2. The average molecular weight is 501 g/mol. The molecule has 1 aliphatic heterocycles. The maximum absolute atomic E-state index is 13.5. The standard InChI is InChI=1S/C27H27F3N2O2S/c28-27(29,30)20-4-6-22(7-5-20)32-23(33)15-35-24(32)19-2-1-3-21(11-19)31-25(34)26-12-16-8-17(13-26)10-18(9-16)14-26/h1-7,11,16-18,24H,8-10,12-15H2,(H,31,34). The zero-order valence-electron chi connectivity index (χ0n) is 19.2. The summed E-state index contributed by atoms with van der Waals surface area (Å²) in [5.41, 5.74) is 0.974. The number of nitrogens with zero attached hydrogens (tertiary/aromatic N) is 1. The molecule has 1 atom stereocenters. The molecule has 1 N–H and O–H groups in total. The molecular weight excluding hydrogens is 473 g/mol. The first-order chi connectivity index (χ1) is 16.7. The second-order valence-corrected chi connectivity index (χ2v) is 11.8. The van der Waals surface area contributed by atoms with Crippen LogP contribution in [-0.4, -0.2) is 17.6 Å². The average Bonchev–Trinajstić information content (AvgIpc) is 3.19. The van der Waals surface area contributed by atoms with Crippen molar-refractivity contribution in [1.82, 2.24) is 0 Å². The molecule has 1 unspecified atom stereocenters. The number of carbonyl (C=O) groups is 2. The Balaban J connectivity index is 1.22. The summed E-state index contributed by atoms with van der Waals surface area (Å²) in [4.78, 5) is 27.7. The number of hydrogen-bond donors (Lipinski definition) is 1. The summed E-state index contributed by atoms with van der Waals surface area (Å²) in [7, 11) is 0. The lowest BCUT2D eigenvalue weighted by atomic mass is 9.49. The van der Waals surface area contributed by atoms with Crippen LogP contribution in [0.1, 0.15) is 55.0 Å². The Kier molecular flexibility index (Phi) is 5.43. The smallest absolute Gasteiger partial charge is 0.326 e. The first-order valence-corrected chi connectivity index (χ1v) is 13.3. The van der Waals surface area contributed by atoms with Crippen LogP contribution in [0.3, 0.4) is 0 Å². The Bertz CT molecular complexity index is 1130. The van der Waals surface area contributed by atoms with Crippen LogP contribution in [-0.2, 0) is 15.8 Å². The molecule has 7 rings (SSSR count). The molecular formula is C27H27F3N2O2S. The molecule has 0 spiro atoms. The predicted octanol–water partition coefficient (Wildman–Crippen LogP) is 6.64. The molecule has 35 heavy (non-hydrogen) atoms. The fourth-order valence-electron chi connectivity index (χ4n) is 7.18. The molecule has 4 bridgehead atoms. The number of halogens is 3. The minimum absolute atomic E-state index is 0.114. The Morgan fingerprint density at radius 3 is 2.20 bits per heavy atom. The fraction of sp³-hybridized carbons (Fsp3) is 0.481. The lowest BCUT2D eigenvalue weighted by Gasteiger charge is -2.55. The van der Waals surface area contributed by atoms with E-state index in [-0.39, 0.29) is 28.4 Å². The highest BCUT2D eigenvalue weighted by molar-refractivity contribution is 8.00. The minimum Gasteiger partial charge on any atom is -0.326 e. The van der Waals surface area contributed by atoms with E-state index >= 15 is 0 Å². The van der Waals surface area contributed by atoms with Gasteiger partial charge in [-0.05, 0) is 98.2 Å². The number of nitrogens with one attached hydrogen (secondary N) is 1. The van der Waals surface area contributed by atoms with Crippen molar-refractivity contribution in [2.24, 2.45) is 23.2 Å². The van der Waals surface area contributed by atoms with Crippen LogP contribution in [0, 0.1) is 23.2 Å². The quantitative estimate of drug-likeness (QED) is 0.512. The van der Waals surface area contributed by atoms with Crippen LogP contribution < -0.4 is 10.2 Å². The van der Waals surface area contributed by atoms with Crippen molar-refractivity contribution in [3.05, 3.63) is 59.7 Å². The Hall–Kier alpha value is -2.48. The largest absolute Gasteiger partial charge is 0.416 e. The summed E-state index contributed by atoms with van der Waals surface area (Å²) in [5, 5.41) is 2.81. The van der Waals surface area contributed by atoms with E-state index in [9.17, 15) is 22.8 Å². The van der Waals surface area contributed by atoms with Crippen LogP contribution in [0.4, 0.5) is 24.5 Å². The van der Waals surface area contributed by atoms with Crippen LogP contribution in [0.25, 0.3) is 0 Å². The summed E-state index contributed by atoms with van der Waals surface area (Å²) in [6, 6.07) is 12.2. The number of carbonyl (C=O) groups excluding carboxylic acids is 2. The topological polar surface area (TPSA) is 49.4 Å². The van der Waals surface area contributed by atoms with Gasteiger partial charge in [0.25, 0.3) is 0 Å². The minimum atomic E-state index is -4.43. The van der Waals surface area contributed by atoms with Gasteiger partial charge in [0.05, 0.1) is 16.7 Å². The molecule has 2 aromatic rings. The number of thioether (sulfide) groups is 1. The van der Waals surface area contributed by atoms with Gasteiger partial charge in [0.2, 0.25) is 11.8 Å². The maximum Gasteiger partial charge on any atom is 0.416 e. The molecule has 8 heteroatoms. The van der Waals surface area contributed by atoms with Gasteiger partial charge in [-0.1, -0.05) is 12.1 Å². The van der Waals surface area contributed by atoms with Gasteiger partial charge in [0.15, 0.2) is 0 Å². The van der Waals surface area contributed by atoms with Crippen molar-refractivity contribution in [3.63, 3.8) is 0 Å². The molecule has 1 saturated heterocycles. The lowest BCUT2D eigenvalue weighted by molar-refractivity contribution is -0.140. The van der Waals surface area contributed by atoms with E-state index in [1.165, 1.54) is 43.2 Å². The Morgan fingerprint density at radius 2 is 1.60 bits per heavy atom. The number of amides is 2. The zero-order valence-corrected chi connectivity index (χ0v) is 20.0. The van der Waals surface area contributed by atoms with E-state index < -0.39 is 11.7 Å². The maximum atomic E-state index is 13.5. The number of hydrogen-bond acceptors (Lipinski definition) is 3. The number of benzene rings is 2. The van der Waals surface area contributed by atoms with Crippen molar-refractivity contribution in [2.45, 2.75) is 50.1 Å². The van der Waals surface area contributed by atoms with Gasteiger partial charge in [-0.25, -0.2) is 0 Å². The van der Waals surface area contributed by atoms with E-state index in [1.807, 2.05) is 24.3 Å². The first kappa shape index (κ1) is 23.0. The van der Waals surface area contributed by atoms with Crippen molar-refractivity contribution in [1.29, 1.82) is 0 Å². The fourth-order valence-corrected chi connectivity index (χ4v) is 8.35. The van der Waals surface area contributed by atoms with Crippen LogP contribution in [0.2, 0.25) is 0 Å². The van der Waals surface area contributed by atoms with Gasteiger partial charge in [0, 0.05) is 11.4 Å². The van der Waals surface area contributed by atoms with E-state index in [4.69, 9.17) is 0 Å². The van der Waals surface area contributed by atoms with Gasteiger partial charge in [0.1, 0.15) is 5.37 Å². The molecule has 4 nitrogen and oxygen atoms in total. The summed E-state index contributed by atoms with van der Waals surface area (Å²) < 4.78 is 38.9. The highest BCUT2D eigenvalue weighted by Gasteiger charge is 2.54. The second-order valence-electron chi connectivity index (χ2n) is 10.7. The second kappa shape index (κ2) is 8.29. The van der Waals surface area contributed by atoms with E-state index in [0.29, 0.717) is 29.1 Å². The monoisotopic (exact) mass is 500 g/mol. The molecule has 1 heterocycles. The van der Waals surface area contributed by atoms with E-state index in [2.05, 4.69) is 5.32 Å². The lowest BCUT2D eigenvalue weighted by Crippen LogP contribution is -2.51. The van der Waals surface area contributed by atoms with Crippen molar-refractivity contribution in [3.8, 4) is 0 Å². The SMILES string of the molecule is O=C1CSC(c2cccc(NC(=O)C34CC5CC(CC(C5)C3)C4)c2)N1c1ccc(C(F)(F)F)cc1. The normalized spacial score (nSPS) is 31.7.